The Bertz CT molecular complexity index is 1640. The molecule has 0 rings (SSSR count). The standard InChI is InChI=1S/C73H122O6/c1-4-7-10-13-16-19-22-25-27-29-30-31-32-33-34-35-36-37-38-39-40-41-42-44-45-48-51-54-57-60-63-66-72(75)78-69-70(68-77-71(74)65-62-59-56-53-50-47-24-21-18-15-12-9-6-3)79-73(76)67-64-61-58-55-52-49-46-43-28-26-23-20-17-14-11-8-5-2/h8,11-12,15,17,20-22,24-26,28-30,32-33,46,49,55,58,70H,4-7,9-10,13-14,16,18-19,23,27,31,34-45,47-48,50-54,56-57,59-69H2,1-3H3/b11-8-,15-12-,20-17-,24-21-,25-22-,28-26-,30-29-,33-32-,49-46-,58-55-. The topological polar surface area (TPSA) is 78.9 Å². The lowest BCUT2D eigenvalue weighted by molar-refractivity contribution is -0.167. The molecule has 450 valence electrons. The van der Waals surface area contributed by atoms with Gasteiger partial charge in [0, 0.05) is 19.3 Å². The summed E-state index contributed by atoms with van der Waals surface area (Å²) in [4.78, 5) is 38.3. The summed E-state index contributed by atoms with van der Waals surface area (Å²) in [6, 6.07) is 0. The highest BCUT2D eigenvalue weighted by Gasteiger charge is 2.19. The van der Waals surface area contributed by atoms with Gasteiger partial charge in [0.1, 0.15) is 13.2 Å². The van der Waals surface area contributed by atoms with E-state index >= 15 is 0 Å². The van der Waals surface area contributed by atoms with Gasteiger partial charge >= 0.3 is 17.9 Å². The van der Waals surface area contributed by atoms with Crippen LogP contribution in [0.15, 0.2) is 122 Å². The Balaban J connectivity index is 4.27. The Morgan fingerprint density at radius 1 is 0.266 bits per heavy atom. The number of carbonyl (C=O) groups excluding carboxylic acids is 3. The van der Waals surface area contributed by atoms with Crippen molar-refractivity contribution in [2.24, 2.45) is 0 Å². The van der Waals surface area contributed by atoms with Crippen LogP contribution < -0.4 is 0 Å². The molecule has 0 aliphatic rings. The Hall–Kier alpha value is -4.19. The highest BCUT2D eigenvalue weighted by molar-refractivity contribution is 5.71. The normalized spacial score (nSPS) is 12.9. The zero-order valence-electron chi connectivity index (χ0n) is 51.6. The van der Waals surface area contributed by atoms with Crippen molar-refractivity contribution in [1.29, 1.82) is 0 Å². The number of carbonyl (C=O) groups is 3. The van der Waals surface area contributed by atoms with E-state index in [4.69, 9.17) is 14.2 Å². The average molecular weight is 1100 g/mol. The van der Waals surface area contributed by atoms with E-state index in [0.29, 0.717) is 19.3 Å². The van der Waals surface area contributed by atoms with Gasteiger partial charge in [-0.2, -0.15) is 0 Å². The maximum absolute atomic E-state index is 12.9. The average Bonchev–Trinajstić information content (AvgIpc) is 3.45. The second kappa shape index (κ2) is 66.3. The van der Waals surface area contributed by atoms with Crippen molar-refractivity contribution in [2.45, 2.75) is 309 Å². The number of esters is 3. The smallest absolute Gasteiger partial charge is 0.306 e. The quantitative estimate of drug-likeness (QED) is 0.0261. The summed E-state index contributed by atoms with van der Waals surface area (Å²) in [5.74, 6) is -0.976. The molecule has 6 heteroatoms. The molecule has 0 heterocycles. The van der Waals surface area contributed by atoms with Crippen LogP contribution in [-0.4, -0.2) is 37.2 Å². The van der Waals surface area contributed by atoms with Gasteiger partial charge in [0.15, 0.2) is 6.10 Å². The molecule has 0 saturated heterocycles. The van der Waals surface area contributed by atoms with Crippen molar-refractivity contribution < 1.29 is 28.6 Å². The van der Waals surface area contributed by atoms with E-state index in [1.807, 2.05) is 0 Å². The largest absolute Gasteiger partial charge is 0.462 e. The minimum Gasteiger partial charge on any atom is -0.462 e. The third-order valence-corrected chi connectivity index (χ3v) is 13.9. The molecule has 0 aliphatic carbocycles. The summed E-state index contributed by atoms with van der Waals surface area (Å²) in [5.41, 5.74) is 0. The molecule has 0 amide bonds. The van der Waals surface area contributed by atoms with Crippen LogP contribution in [0.25, 0.3) is 0 Å². The Morgan fingerprint density at radius 3 is 0.861 bits per heavy atom. The van der Waals surface area contributed by atoms with E-state index in [0.717, 1.165) is 122 Å². The molecule has 0 spiro atoms. The van der Waals surface area contributed by atoms with Crippen molar-refractivity contribution in [3.8, 4) is 0 Å². The van der Waals surface area contributed by atoms with E-state index in [2.05, 4.69) is 142 Å². The Labute approximate surface area is 488 Å². The van der Waals surface area contributed by atoms with Crippen molar-refractivity contribution >= 4 is 17.9 Å². The number of unbranched alkanes of at least 4 members (excludes halogenated alkanes) is 28. The second-order valence-electron chi connectivity index (χ2n) is 21.6. The van der Waals surface area contributed by atoms with Crippen LogP contribution in [0.5, 0.6) is 0 Å². The number of ether oxygens (including phenoxy) is 3. The predicted molar refractivity (Wildman–Crippen MR) is 343 cm³/mol. The van der Waals surface area contributed by atoms with E-state index in [1.54, 1.807) is 0 Å². The van der Waals surface area contributed by atoms with Gasteiger partial charge in [-0.3, -0.25) is 14.4 Å². The first-order valence-electron chi connectivity index (χ1n) is 33.0. The molecule has 6 nitrogen and oxygen atoms in total. The van der Waals surface area contributed by atoms with Crippen LogP contribution in [0.1, 0.15) is 303 Å². The van der Waals surface area contributed by atoms with Gasteiger partial charge < -0.3 is 14.2 Å². The lowest BCUT2D eigenvalue weighted by Gasteiger charge is -2.18. The van der Waals surface area contributed by atoms with E-state index in [-0.39, 0.29) is 37.5 Å². The van der Waals surface area contributed by atoms with Crippen LogP contribution in [0.4, 0.5) is 0 Å². The SMILES string of the molecule is CC/C=C\C/C=C\C/C=C\C/C=C\C/C=C\CCCC(=O)OC(COC(=O)CCCCCCC/C=C\C/C=C\CCC)COC(=O)CCCCCCCCCCCCCCCCCC/C=C\C/C=C\C/C=C\CCCCCCC. The third kappa shape index (κ3) is 64.5. The molecular formula is C73H122O6. The van der Waals surface area contributed by atoms with Gasteiger partial charge in [0.2, 0.25) is 0 Å². The van der Waals surface area contributed by atoms with Crippen molar-refractivity contribution in [3.63, 3.8) is 0 Å². The van der Waals surface area contributed by atoms with Gasteiger partial charge in [-0.15, -0.1) is 0 Å². The van der Waals surface area contributed by atoms with Crippen LogP contribution in [0, 0.1) is 0 Å². The molecule has 1 unspecified atom stereocenters. The molecular weight excluding hydrogens is 973 g/mol. The summed E-state index contributed by atoms with van der Waals surface area (Å²) in [7, 11) is 0. The van der Waals surface area contributed by atoms with Gasteiger partial charge in [0.25, 0.3) is 0 Å². The lowest BCUT2D eigenvalue weighted by Crippen LogP contribution is -2.30. The number of hydrogen-bond acceptors (Lipinski definition) is 6. The summed E-state index contributed by atoms with van der Waals surface area (Å²) < 4.78 is 16.8. The molecule has 1 atom stereocenters. The zero-order valence-corrected chi connectivity index (χ0v) is 51.6. The second-order valence-corrected chi connectivity index (χ2v) is 21.6. The number of allylic oxidation sites excluding steroid dienone is 20. The molecule has 0 aromatic rings. The number of rotatable bonds is 59. The highest BCUT2D eigenvalue weighted by Crippen LogP contribution is 2.16. The summed E-state index contributed by atoms with van der Waals surface area (Å²) in [6.07, 6.45) is 92.3. The molecule has 0 aromatic heterocycles. The Kier molecular flexibility index (Phi) is 62.8. The number of hydrogen-bond donors (Lipinski definition) is 0. The first-order chi connectivity index (χ1) is 39.0. The maximum Gasteiger partial charge on any atom is 0.306 e. The summed E-state index contributed by atoms with van der Waals surface area (Å²) in [6.45, 7) is 6.40. The van der Waals surface area contributed by atoms with Crippen molar-refractivity contribution in [1.82, 2.24) is 0 Å². The monoisotopic (exact) mass is 1090 g/mol. The maximum atomic E-state index is 12.9. The summed E-state index contributed by atoms with van der Waals surface area (Å²) >= 11 is 0. The third-order valence-electron chi connectivity index (χ3n) is 13.9. The molecule has 0 fully saturated rings. The lowest BCUT2D eigenvalue weighted by atomic mass is 10.0. The van der Waals surface area contributed by atoms with Gasteiger partial charge in [-0.25, -0.2) is 0 Å². The molecule has 0 aliphatic heterocycles. The van der Waals surface area contributed by atoms with Crippen LogP contribution in [0.2, 0.25) is 0 Å². The fourth-order valence-corrected chi connectivity index (χ4v) is 9.00. The van der Waals surface area contributed by atoms with E-state index in [1.165, 1.54) is 135 Å². The Morgan fingerprint density at radius 2 is 0.532 bits per heavy atom. The highest BCUT2D eigenvalue weighted by atomic mass is 16.6. The van der Waals surface area contributed by atoms with Crippen molar-refractivity contribution in [3.05, 3.63) is 122 Å². The molecule has 79 heavy (non-hydrogen) atoms. The van der Waals surface area contributed by atoms with Gasteiger partial charge in [-0.05, 0) is 122 Å². The minimum atomic E-state index is -0.817. The molecule has 0 bridgehead atoms. The van der Waals surface area contributed by atoms with Gasteiger partial charge in [-0.1, -0.05) is 284 Å². The van der Waals surface area contributed by atoms with Crippen LogP contribution in [-0.2, 0) is 28.6 Å². The first-order valence-corrected chi connectivity index (χ1v) is 33.0. The van der Waals surface area contributed by atoms with Crippen molar-refractivity contribution in [2.75, 3.05) is 13.2 Å². The summed E-state index contributed by atoms with van der Waals surface area (Å²) in [5, 5.41) is 0. The molecule has 0 aromatic carbocycles. The fraction of sp³-hybridized carbons (Fsp3) is 0.685. The zero-order chi connectivity index (χ0) is 57.1. The fourth-order valence-electron chi connectivity index (χ4n) is 9.00. The van der Waals surface area contributed by atoms with E-state index in [9.17, 15) is 14.4 Å². The first kappa shape index (κ1) is 74.8. The molecule has 0 radical (unpaired) electrons. The van der Waals surface area contributed by atoms with Crippen LogP contribution >= 0.6 is 0 Å². The van der Waals surface area contributed by atoms with Crippen LogP contribution in [0.3, 0.4) is 0 Å². The minimum absolute atomic E-state index is 0.106. The van der Waals surface area contributed by atoms with E-state index < -0.39 is 6.10 Å². The van der Waals surface area contributed by atoms with Gasteiger partial charge in [0.05, 0.1) is 0 Å². The predicted octanol–water partition coefficient (Wildman–Crippen LogP) is 22.8. The molecule has 0 N–H and O–H groups in total. The molecule has 0 saturated carbocycles.